The quantitative estimate of drug-likeness (QED) is 0.320. The molecular weight excluding hydrogens is 434 g/mol. The van der Waals surface area contributed by atoms with E-state index in [1.165, 1.54) is 0 Å². The number of hydrogen-bond donors (Lipinski definition) is 0. The fourth-order valence-electron chi connectivity index (χ4n) is 4.42. The summed E-state index contributed by atoms with van der Waals surface area (Å²) in [6.45, 7) is 10.7. The standard InChI is InChI=1S/C30H33N3O2/c1-6-7-18-32(29(34)24-16-13-20(2)14-17-24)23(5)28-31-26-11-9-8-10-25(26)30(35)33(28)27-19-21(3)12-15-22(27)4/h8-17,19,23H,6-7,18H2,1-5H3. The Morgan fingerprint density at radius 2 is 1.66 bits per heavy atom. The predicted molar refractivity (Wildman–Crippen MR) is 142 cm³/mol. The van der Waals surface area contributed by atoms with Crippen LogP contribution in [0.5, 0.6) is 0 Å². The minimum Gasteiger partial charge on any atom is -0.329 e. The van der Waals surface area contributed by atoms with Gasteiger partial charge in [0.05, 0.1) is 22.6 Å². The largest absolute Gasteiger partial charge is 0.329 e. The molecule has 5 heteroatoms. The molecule has 4 aromatic rings. The number of carbonyl (C=O) groups excluding carboxylic acids is 1. The van der Waals surface area contributed by atoms with Gasteiger partial charge in [-0.3, -0.25) is 14.2 Å². The van der Waals surface area contributed by atoms with Crippen LogP contribution in [0.25, 0.3) is 16.6 Å². The van der Waals surface area contributed by atoms with Gasteiger partial charge in [0.15, 0.2) is 0 Å². The summed E-state index contributed by atoms with van der Waals surface area (Å²) >= 11 is 0. The van der Waals surface area contributed by atoms with E-state index in [-0.39, 0.29) is 11.5 Å². The number of nitrogens with zero attached hydrogens (tertiary/aromatic N) is 3. The number of amides is 1. The van der Waals surface area contributed by atoms with Crippen LogP contribution in [0.1, 0.15) is 65.6 Å². The SMILES string of the molecule is CCCCN(C(=O)c1ccc(C)cc1)C(C)c1nc2ccccc2c(=O)n1-c1cc(C)ccc1C. The molecule has 180 valence electrons. The molecule has 1 aromatic heterocycles. The van der Waals surface area contributed by atoms with E-state index < -0.39 is 6.04 Å². The van der Waals surface area contributed by atoms with Gasteiger partial charge in [-0.25, -0.2) is 4.98 Å². The van der Waals surface area contributed by atoms with E-state index in [1.54, 1.807) is 4.57 Å². The van der Waals surface area contributed by atoms with Gasteiger partial charge in [0.1, 0.15) is 5.82 Å². The molecule has 0 radical (unpaired) electrons. The van der Waals surface area contributed by atoms with E-state index in [4.69, 9.17) is 4.98 Å². The molecule has 1 heterocycles. The number of benzene rings is 3. The number of hydrogen-bond acceptors (Lipinski definition) is 3. The van der Waals surface area contributed by atoms with Gasteiger partial charge in [0.2, 0.25) is 0 Å². The second-order valence-corrected chi connectivity index (χ2v) is 9.31. The summed E-state index contributed by atoms with van der Waals surface area (Å²) in [7, 11) is 0. The Balaban J connectivity index is 1.93. The minimum absolute atomic E-state index is 0.0547. The number of rotatable bonds is 7. The van der Waals surface area contributed by atoms with Crippen LogP contribution in [0, 0.1) is 20.8 Å². The summed E-state index contributed by atoms with van der Waals surface area (Å²) in [4.78, 5) is 34.4. The molecule has 0 spiro atoms. The monoisotopic (exact) mass is 467 g/mol. The zero-order chi connectivity index (χ0) is 25.1. The molecule has 0 aliphatic rings. The van der Waals surface area contributed by atoms with Gasteiger partial charge in [-0.05, 0) is 75.6 Å². The maximum absolute atomic E-state index is 13.9. The van der Waals surface area contributed by atoms with E-state index in [0.29, 0.717) is 28.8 Å². The Hall–Kier alpha value is -3.73. The third-order valence-electron chi connectivity index (χ3n) is 6.56. The van der Waals surface area contributed by atoms with Crippen LogP contribution in [-0.4, -0.2) is 26.9 Å². The zero-order valence-electron chi connectivity index (χ0n) is 21.2. The Bertz CT molecular complexity index is 1420. The fourth-order valence-corrected chi connectivity index (χ4v) is 4.42. The molecule has 0 saturated carbocycles. The van der Waals surface area contributed by atoms with Crippen molar-refractivity contribution in [1.82, 2.24) is 14.5 Å². The topological polar surface area (TPSA) is 55.2 Å². The van der Waals surface area contributed by atoms with Crippen LogP contribution in [-0.2, 0) is 0 Å². The number of unbranched alkanes of at least 4 members (excludes halogenated alkanes) is 1. The maximum atomic E-state index is 13.9. The average Bonchev–Trinajstić information content (AvgIpc) is 2.86. The second kappa shape index (κ2) is 10.3. The second-order valence-electron chi connectivity index (χ2n) is 9.31. The van der Waals surface area contributed by atoms with Crippen molar-refractivity contribution in [3.05, 3.63) is 105 Å². The molecule has 0 saturated heterocycles. The van der Waals surface area contributed by atoms with Gasteiger partial charge in [0, 0.05) is 12.1 Å². The van der Waals surface area contributed by atoms with Crippen LogP contribution in [0.2, 0.25) is 0 Å². The highest BCUT2D eigenvalue weighted by Gasteiger charge is 2.27. The molecule has 1 unspecified atom stereocenters. The summed E-state index contributed by atoms with van der Waals surface area (Å²) in [5.74, 6) is 0.514. The lowest BCUT2D eigenvalue weighted by molar-refractivity contribution is 0.0678. The predicted octanol–water partition coefficient (Wildman–Crippen LogP) is 6.31. The van der Waals surface area contributed by atoms with Crippen molar-refractivity contribution >= 4 is 16.8 Å². The molecule has 0 N–H and O–H groups in total. The molecule has 0 fully saturated rings. The number of aromatic nitrogens is 2. The van der Waals surface area contributed by atoms with Crippen LogP contribution in [0.15, 0.2) is 71.5 Å². The molecule has 35 heavy (non-hydrogen) atoms. The maximum Gasteiger partial charge on any atom is 0.266 e. The van der Waals surface area contributed by atoms with Crippen LogP contribution >= 0.6 is 0 Å². The van der Waals surface area contributed by atoms with Gasteiger partial charge < -0.3 is 4.90 Å². The molecule has 3 aromatic carbocycles. The van der Waals surface area contributed by atoms with E-state index in [1.807, 2.05) is 99.3 Å². The van der Waals surface area contributed by atoms with E-state index >= 15 is 0 Å². The van der Waals surface area contributed by atoms with Gasteiger partial charge in [-0.2, -0.15) is 0 Å². The first kappa shape index (κ1) is 24.4. The zero-order valence-corrected chi connectivity index (χ0v) is 21.2. The highest BCUT2D eigenvalue weighted by Crippen LogP contribution is 2.26. The number of carbonyl (C=O) groups is 1. The third-order valence-corrected chi connectivity index (χ3v) is 6.56. The first-order valence-electron chi connectivity index (χ1n) is 12.3. The molecule has 4 rings (SSSR count). The smallest absolute Gasteiger partial charge is 0.266 e. The van der Waals surface area contributed by atoms with Crippen molar-refractivity contribution in [2.24, 2.45) is 0 Å². The first-order valence-corrected chi connectivity index (χ1v) is 12.3. The van der Waals surface area contributed by atoms with Gasteiger partial charge in [0.25, 0.3) is 11.5 Å². The Morgan fingerprint density at radius 1 is 0.971 bits per heavy atom. The molecular formula is C30H33N3O2. The van der Waals surface area contributed by atoms with Gasteiger partial charge in [-0.15, -0.1) is 0 Å². The summed E-state index contributed by atoms with van der Waals surface area (Å²) in [6, 6.07) is 20.7. The minimum atomic E-state index is -0.410. The van der Waals surface area contributed by atoms with Crippen LogP contribution in [0.3, 0.4) is 0 Å². The average molecular weight is 468 g/mol. The lowest BCUT2D eigenvalue weighted by Crippen LogP contribution is -2.38. The molecule has 1 amide bonds. The molecule has 1 atom stereocenters. The third kappa shape index (κ3) is 4.90. The summed E-state index contributed by atoms with van der Waals surface area (Å²) < 4.78 is 1.71. The molecule has 0 aliphatic heterocycles. The van der Waals surface area contributed by atoms with Crippen molar-refractivity contribution in [2.75, 3.05) is 6.54 Å². The van der Waals surface area contributed by atoms with Gasteiger partial charge >= 0.3 is 0 Å². The van der Waals surface area contributed by atoms with Crippen molar-refractivity contribution in [3.8, 4) is 5.69 Å². The molecule has 5 nitrogen and oxygen atoms in total. The number of para-hydroxylation sites is 1. The first-order chi connectivity index (χ1) is 16.8. The summed E-state index contributed by atoms with van der Waals surface area (Å²) in [6.07, 6.45) is 1.82. The Kier molecular flexibility index (Phi) is 7.15. The Labute approximate surface area is 207 Å². The van der Waals surface area contributed by atoms with Gasteiger partial charge in [-0.1, -0.05) is 55.3 Å². The van der Waals surface area contributed by atoms with E-state index in [0.717, 1.165) is 35.2 Å². The number of aryl methyl sites for hydroxylation is 3. The van der Waals surface area contributed by atoms with Crippen molar-refractivity contribution in [1.29, 1.82) is 0 Å². The summed E-state index contributed by atoms with van der Waals surface area (Å²) in [5.41, 5.74) is 5.10. The van der Waals surface area contributed by atoms with Crippen LogP contribution < -0.4 is 5.56 Å². The number of fused-ring (bicyclic) bond motifs is 1. The van der Waals surface area contributed by atoms with E-state index in [2.05, 4.69) is 6.92 Å². The molecule has 0 bridgehead atoms. The van der Waals surface area contributed by atoms with E-state index in [9.17, 15) is 9.59 Å². The lowest BCUT2D eigenvalue weighted by Gasteiger charge is -2.31. The summed E-state index contributed by atoms with van der Waals surface area (Å²) in [5, 5.41) is 0.564. The normalized spacial score (nSPS) is 12.0. The lowest BCUT2D eigenvalue weighted by atomic mass is 10.1. The van der Waals surface area contributed by atoms with Crippen molar-refractivity contribution in [3.63, 3.8) is 0 Å². The van der Waals surface area contributed by atoms with Crippen LogP contribution in [0.4, 0.5) is 0 Å². The Morgan fingerprint density at radius 3 is 2.37 bits per heavy atom. The van der Waals surface area contributed by atoms with Crippen molar-refractivity contribution < 1.29 is 4.79 Å². The molecule has 0 aliphatic carbocycles. The van der Waals surface area contributed by atoms with Crippen molar-refractivity contribution in [2.45, 2.75) is 53.5 Å². The highest BCUT2D eigenvalue weighted by atomic mass is 16.2. The fraction of sp³-hybridized carbons (Fsp3) is 0.300. The highest BCUT2D eigenvalue weighted by molar-refractivity contribution is 5.94.